The fourth-order valence-electron chi connectivity index (χ4n) is 2.08. The van der Waals surface area contributed by atoms with Gasteiger partial charge in [0.25, 0.3) is 5.91 Å². The van der Waals surface area contributed by atoms with E-state index in [0.29, 0.717) is 16.9 Å². The summed E-state index contributed by atoms with van der Waals surface area (Å²) in [6, 6.07) is 15.2. The molecule has 0 aliphatic carbocycles. The molecule has 3 rings (SSSR count). The Labute approximate surface area is 121 Å². The van der Waals surface area contributed by atoms with E-state index in [-0.39, 0.29) is 17.4 Å². The molecular formula is C16H13N3O2. The van der Waals surface area contributed by atoms with Crippen LogP contribution in [-0.2, 0) is 0 Å². The molecule has 1 aromatic heterocycles. The number of para-hydroxylation sites is 1. The number of aromatic hydroxyl groups is 1. The zero-order valence-electron chi connectivity index (χ0n) is 11.1. The second-order valence-electron chi connectivity index (χ2n) is 4.62. The van der Waals surface area contributed by atoms with Crippen LogP contribution in [0.25, 0.3) is 10.9 Å². The van der Waals surface area contributed by atoms with Crippen molar-refractivity contribution in [2.45, 2.75) is 0 Å². The number of carbonyl (C=O) groups excluding carboxylic acids is 1. The highest BCUT2D eigenvalue weighted by Gasteiger charge is 2.10. The van der Waals surface area contributed by atoms with Gasteiger partial charge < -0.3 is 16.2 Å². The van der Waals surface area contributed by atoms with E-state index < -0.39 is 0 Å². The second kappa shape index (κ2) is 5.13. The smallest absolute Gasteiger partial charge is 0.274 e. The summed E-state index contributed by atoms with van der Waals surface area (Å²) in [6.45, 7) is 0. The number of anilines is 2. The lowest BCUT2D eigenvalue weighted by Gasteiger charge is -2.07. The third-order valence-electron chi connectivity index (χ3n) is 3.09. The quantitative estimate of drug-likeness (QED) is 0.629. The molecule has 5 nitrogen and oxygen atoms in total. The van der Waals surface area contributed by atoms with Gasteiger partial charge in [-0.1, -0.05) is 24.3 Å². The standard InChI is InChI=1S/C16H13N3O2/c17-13-6-1-3-10-7-8-14(19-15(10)13)16(21)18-11-4-2-5-12(20)9-11/h1-9,20H,17H2,(H,18,21). The predicted molar refractivity (Wildman–Crippen MR) is 82.2 cm³/mol. The lowest BCUT2D eigenvalue weighted by atomic mass is 10.1. The first kappa shape index (κ1) is 12.9. The Kier molecular flexibility index (Phi) is 3.16. The van der Waals surface area contributed by atoms with Crippen LogP contribution in [0.4, 0.5) is 11.4 Å². The maximum Gasteiger partial charge on any atom is 0.274 e. The summed E-state index contributed by atoms with van der Waals surface area (Å²) in [5.74, 6) is -0.269. The zero-order chi connectivity index (χ0) is 14.8. The van der Waals surface area contributed by atoms with Crippen molar-refractivity contribution in [3.63, 3.8) is 0 Å². The van der Waals surface area contributed by atoms with E-state index in [9.17, 15) is 9.90 Å². The highest BCUT2D eigenvalue weighted by molar-refractivity contribution is 6.04. The van der Waals surface area contributed by atoms with Gasteiger partial charge in [-0.05, 0) is 24.3 Å². The van der Waals surface area contributed by atoms with Crippen LogP contribution >= 0.6 is 0 Å². The van der Waals surface area contributed by atoms with E-state index in [1.807, 2.05) is 12.1 Å². The van der Waals surface area contributed by atoms with Gasteiger partial charge in [0.05, 0.1) is 11.2 Å². The van der Waals surface area contributed by atoms with E-state index >= 15 is 0 Å². The Hall–Kier alpha value is -3.08. The zero-order valence-corrected chi connectivity index (χ0v) is 11.1. The Balaban J connectivity index is 1.93. The average Bonchev–Trinajstić information content (AvgIpc) is 2.47. The molecule has 0 unspecified atom stereocenters. The molecule has 0 spiro atoms. The minimum Gasteiger partial charge on any atom is -0.508 e. The SMILES string of the molecule is Nc1cccc2ccc(C(=O)Nc3cccc(O)c3)nc12. The molecule has 3 aromatic rings. The Bertz CT molecular complexity index is 831. The molecular weight excluding hydrogens is 266 g/mol. The monoisotopic (exact) mass is 279 g/mol. The molecule has 4 N–H and O–H groups in total. The summed E-state index contributed by atoms with van der Waals surface area (Å²) in [5.41, 5.74) is 7.77. The molecule has 2 aromatic carbocycles. The van der Waals surface area contributed by atoms with Crippen molar-refractivity contribution in [2.75, 3.05) is 11.1 Å². The second-order valence-corrected chi connectivity index (χ2v) is 4.62. The first-order chi connectivity index (χ1) is 10.1. The van der Waals surface area contributed by atoms with Crippen molar-refractivity contribution in [1.29, 1.82) is 0 Å². The van der Waals surface area contributed by atoms with E-state index in [1.165, 1.54) is 12.1 Å². The number of benzene rings is 2. The van der Waals surface area contributed by atoms with Gasteiger partial charge in [-0.2, -0.15) is 0 Å². The van der Waals surface area contributed by atoms with Gasteiger partial charge in [0, 0.05) is 17.1 Å². The molecule has 0 fully saturated rings. The highest BCUT2D eigenvalue weighted by Crippen LogP contribution is 2.20. The lowest BCUT2D eigenvalue weighted by Crippen LogP contribution is -2.13. The molecule has 0 saturated carbocycles. The van der Waals surface area contributed by atoms with Crippen molar-refractivity contribution in [2.24, 2.45) is 0 Å². The number of hydrogen-bond donors (Lipinski definition) is 3. The summed E-state index contributed by atoms with van der Waals surface area (Å²) in [7, 11) is 0. The first-order valence-corrected chi connectivity index (χ1v) is 6.39. The number of nitrogen functional groups attached to an aromatic ring is 1. The van der Waals surface area contributed by atoms with Gasteiger partial charge in [0.2, 0.25) is 0 Å². The van der Waals surface area contributed by atoms with Crippen molar-refractivity contribution < 1.29 is 9.90 Å². The molecule has 0 radical (unpaired) electrons. The number of pyridine rings is 1. The van der Waals surface area contributed by atoms with Gasteiger partial charge in [0.1, 0.15) is 11.4 Å². The van der Waals surface area contributed by atoms with Crippen LogP contribution in [0, 0.1) is 0 Å². The number of nitrogens with one attached hydrogen (secondary N) is 1. The molecule has 0 aliphatic heterocycles. The van der Waals surface area contributed by atoms with E-state index in [4.69, 9.17) is 5.73 Å². The third kappa shape index (κ3) is 2.62. The molecule has 104 valence electrons. The van der Waals surface area contributed by atoms with E-state index in [1.54, 1.807) is 30.3 Å². The molecule has 0 bridgehead atoms. The summed E-state index contributed by atoms with van der Waals surface area (Å²) in [5, 5.41) is 13.0. The van der Waals surface area contributed by atoms with Crippen LogP contribution in [-0.4, -0.2) is 16.0 Å². The van der Waals surface area contributed by atoms with Gasteiger partial charge in [0.15, 0.2) is 0 Å². The molecule has 0 atom stereocenters. The normalized spacial score (nSPS) is 10.5. The number of phenols is 1. The summed E-state index contributed by atoms with van der Waals surface area (Å²) >= 11 is 0. The van der Waals surface area contributed by atoms with Gasteiger partial charge in [-0.3, -0.25) is 4.79 Å². The predicted octanol–water partition coefficient (Wildman–Crippen LogP) is 2.77. The Morgan fingerprint density at radius 3 is 2.71 bits per heavy atom. The lowest BCUT2D eigenvalue weighted by molar-refractivity contribution is 0.102. The maximum absolute atomic E-state index is 12.2. The minimum absolute atomic E-state index is 0.0866. The number of fused-ring (bicyclic) bond motifs is 1. The number of rotatable bonds is 2. The summed E-state index contributed by atoms with van der Waals surface area (Å²) < 4.78 is 0. The molecule has 1 heterocycles. The average molecular weight is 279 g/mol. The number of carbonyl (C=O) groups is 1. The number of hydrogen-bond acceptors (Lipinski definition) is 4. The van der Waals surface area contributed by atoms with Crippen LogP contribution in [0.1, 0.15) is 10.5 Å². The van der Waals surface area contributed by atoms with Crippen molar-refractivity contribution in [3.05, 3.63) is 60.3 Å². The van der Waals surface area contributed by atoms with Crippen LogP contribution in [0.3, 0.4) is 0 Å². The van der Waals surface area contributed by atoms with Gasteiger partial charge >= 0.3 is 0 Å². The topological polar surface area (TPSA) is 88.2 Å². The maximum atomic E-state index is 12.2. The number of amides is 1. The van der Waals surface area contributed by atoms with Crippen molar-refractivity contribution >= 4 is 28.2 Å². The summed E-state index contributed by atoms with van der Waals surface area (Å²) in [4.78, 5) is 16.5. The molecule has 21 heavy (non-hydrogen) atoms. The molecule has 0 aliphatic rings. The molecule has 5 heteroatoms. The fourth-order valence-corrected chi connectivity index (χ4v) is 2.08. The first-order valence-electron chi connectivity index (χ1n) is 6.39. The van der Waals surface area contributed by atoms with Gasteiger partial charge in [-0.25, -0.2) is 4.98 Å². The molecule has 0 saturated heterocycles. The Morgan fingerprint density at radius 1 is 1.10 bits per heavy atom. The number of aromatic nitrogens is 1. The van der Waals surface area contributed by atoms with E-state index in [2.05, 4.69) is 10.3 Å². The number of phenolic OH excluding ortho intramolecular Hbond substituents is 1. The van der Waals surface area contributed by atoms with Crippen molar-refractivity contribution in [1.82, 2.24) is 4.98 Å². The van der Waals surface area contributed by atoms with Crippen LogP contribution in [0.15, 0.2) is 54.6 Å². The Morgan fingerprint density at radius 2 is 1.90 bits per heavy atom. The minimum atomic E-state index is -0.356. The number of nitrogens with two attached hydrogens (primary N) is 1. The van der Waals surface area contributed by atoms with E-state index in [0.717, 1.165) is 5.39 Å². The van der Waals surface area contributed by atoms with Crippen LogP contribution < -0.4 is 11.1 Å². The van der Waals surface area contributed by atoms with Crippen molar-refractivity contribution in [3.8, 4) is 5.75 Å². The van der Waals surface area contributed by atoms with Crippen LogP contribution in [0.5, 0.6) is 5.75 Å². The highest BCUT2D eigenvalue weighted by atomic mass is 16.3. The fraction of sp³-hybridized carbons (Fsp3) is 0. The summed E-state index contributed by atoms with van der Waals surface area (Å²) in [6.07, 6.45) is 0. The largest absolute Gasteiger partial charge is 0.508 e. The van der Waals surface area contributed by atoms with Crippen LogP contribution in [0.2, 0.25) is 0 Å². The van der Waals surface area contributed by atoms with Gasteiger partial charge in [-0.15, -0.1) is 0 Å². The number of nitrogens with zero attached hydrogens (tertiary/aromatic N) is 1. The molecule has 1 amide bonds. The third-order valence-corrected chi connectivity index (χ3v) is 3.09.